The molecule has 0 heterocycles. The van der Waals surface area contributed by atoms with E-state index in [0.717, 1.165) is 5.70 Å². The van der Waals surface area contributed by atoms with Crippen molar-refractivity contribution in [3.8, 4) is 0 Å². The summed E-state index contributed by atoms with van der Waals surface area (Å²) in [4.78, 5) is 0. The van der Waals surface area contributed by atoms with E-state index in [-0.39, 0.29) is 0 Å². The van der Waals surface area contributed by atoms with Gasteiger partial charge in [-0.15, -0.1) is 0 Å². The minimum absolute atomic E-state index is 0.614. The van der Waals surface area contributed by atoms with Crippen LogP contribution in [0.2, 0.25) is 0 Å². The molecule has 0 aromatic carbocycles. The highest BCUT2D eigenvalue weighted by Crippen LogP contribution is 2.21. The van der Waals surface area contributed by atoms with Crippen LogP contribution >= 0.6 is 0 Å². The van der Waals surface area contributed by atoms with Crippen molar-refractivity contribution in [1.82, 2.24) is 5.32 Å². The summed E-state index contributed by atoms with van der Waals surface area (Å²) in [6.07, 6.45) is 4.87. The van der Waals surface area contributed by atoms with Gasteiger partial charge in [0.15, 0.2) is 0 Å². The van der Waals surface area contributed by atoms with E-state index in [9.17, 15) is 0 Å². The number of hydrogen-bond donors (Lipinski definition) is 1. The highest BCUT2D eigenvalue weighted by molar-refractivity contribution is 5.26. The van der Waals surface area contributed by atoms with Crippen molar-refractivity contribution < 1.29 is 0 Å². The van der Waals surface area contributed by atoms with Gasteiger partial charge in [0.25, 0.3) is 0 Å². The Morgan fingerprint density at radius 3 is 2.50 bits per heavy atom. The van der Waals surface area contributed by atoms with Gasteiger partial charge in [0.2, 0.25) is 0 Å². The van der Waals surface area contributed by atoms with Crippen molar-refractivity contribution >= 4 is 0 Å². The maximum Gasteiger partial charge on any atom is 0.0295 e. The van der Waals surface area contributed by atoms with Gasteiger partial charge in [-0.25, -0.2) is 0 Å². The predicted octanol–water partition coefficient (Wildman–Crippen LogP) is 2.85. The Morgan fingerprint density at radius 2 is 2.08 bits per heavy atom. The zero-order valence-electron chi connectivity index (χ0n) is 8.35. The number of allylic oxidation sites excluding steroid dienone is 2. The average Bonchev–Trinajstić information content (AvgIpc) is 2.70. The maximum absolute atomic E-state index is 4.01. The van der Waals surface area contributed by atoms with Crippen molar-refractivity contribution in [2.75, 3.05) is 0 Å². The van der Waals surface area contributed by atoms with Crippen molar-refractivity contribution in [1.29, 1.82) is 0 Å². The second-order valence-electron chi connectivity index (χ2n) is 3.99. The number of hydrogen-bond acceptors (Lipinski definition) is 1. The third kappa shape index (κ3) is 3.12. The predicted molar refractivity (Wildman–Crippen MR) is 53.9 cm³/mol. The molecule has 1 nitrogen and oxygen atoms in total. The Kier molecular flexibility index (Phi) is 2.96. The Bertz CT molecular complexity index is 197. The van der Waals surface area contributed by atoms with Gasteiger partial charge in [0.1, 0.15) is 0 Å². The zero-order chi connectivity index (χ0) is 9.14. The van der Waals surface area contributed by atoms with Gasteiger partial charge < -0.3 is 5.32 Å². The molecule has 0 spiro atoms. The smallest absolute Gasteiger partial charge is 0.0295 e. The Labute approximate surface area is 75.6 Å². The molecule has 0 bridgehead atoms. The first-order chi connectivity index (χ1) is 5.59. The normalized spacial score (nSPS) is 18.2. The van der Waals surface area contributed by atoms with Crippen LogP contribution in [0.5, 0.6) is 0 Å². The van der Waals surface area contributed by atoms with Crippen LogP contribution in [0.15, 0.2) is 23.9 Å². The molecule has 0 unspecified atom stereocenters. The molecule has 1 aliphatic carbocycles. The van der Waals surface area contributed by atoms with Gasteiger partial charge in [-0.1, -0.05) is 26.5 Å². The minimum Gasteiger partial charge on any atom is -0.383 e. The van der Waals surface area contributed by atoms with Gasteiger partial charge in [0.05, 0.1) is 0 Å². The largest absolute Gasteiger partial charge is 0.383 e. The SMILES string of the molecule is C=C(NC1CC1)/C(C)=C/C(C)C. The van der Waals surface area contributed by atoms with E-state index >= 15 is 0 Å². The fraction of sp³-hybridized carbons (Fsp3) is 0.636. The number of rotatable bonds is 4. The molecule has 68 valence electrons. The summed E-state index contributed by atoms with van der Waals surface area (Å²) >= 11 is 0. The van der Waals surface area contributed by atoms with Crippen LogP contribution in [-0.4, -0.2) is 6.04 Å². The van der Waals surface area contributed by atoms with Crippen molar-refractivity contribution in [3.63, 3.8) is 0 Å². The van der Waals surface area contributed by atoms with E-state index in [0.29, 0.717) is 12.0 Å². The standard InChI is InChI=1S/C11H19N/c1-8(2)7-9(3)10(4)12-11-5-6-11/h7-8,11-12H,4-6H2,1-3H3/b9-7+. The monoisotopic (exact) mass is 165 g/mol. The van der Waals surface area contributed by atoms with Crippen LogP contribution < -0.4 is 5.32 Å². The highest BCUT2D eigenvalue weighted by atomic mass is 15.0. The van der Waals surface area contributed by atoms with E-state index in [1.165, 1.54) is 18.4 Å². The lowest BCUT2D eigenvalue weighted by molar-refractivity contribution is 0.789. The Hall–Kier alpha value is -0.720. The highest BCUT2D eigenvalue weighted by Gasteiger charge is 2.21. The molecule has 0 radical (unpaired) electrons. The fourth-order valence-electron chi connectivity index (χ4n) is 1.19. The molecule has 1 N–H and O–H groups in total. The maximum atomic E-state index is 4.01. The molecular formula is C11H19N. The molecule has 1 heteroatoms. The summed E-state index contributed by atoms with van der Waals surface area (Å²) in [5, 5.41) is 3.40. The first kappa shape index (κ1) is 9.37. The van der Waals surface area contributed by atoms with Crippen molar-refractivity contribution in [3.05, 3.63) is 23.9 Å². The van der Waals surface area contributed by atoms with Crippen LogP contribution in [0, 0.1) is 5.92 Å². The van der Waals surface area contributed by atoms with Gasteiger partial charge in [0, 0.05) is 11.7 Å². The Morgan fingerprint density at radius 1 is 1.50 bits per heavy atom. The van der Waals surface area contributed by atoms with Crippen LogP contribution in [0.3, 0.4) is 0 Å². The summed E-state index contributed by atoms with van der Waals surface area (Å²) in [5.74, 6) is 0.614. The van der Waals surface area contributed by atoms with Gasteiger partial charge >= 0.3 is 0 Å². The lowest BCUT2D eigenvalue weighted by Gasteiger charge is -2.09. The summed E-state index contributed by atoms with van der Waals surface area (Å²) in [6.45, 7) is 10.5. The van der Waals surface area contributed by atoms with Crippen LogP contribution in [0.1, 0.15) is 33.6 Å². The molecule has 0 aromatic heterocycles. The lowest BCUT2D eigenvalue weighted by atomic mass is 10.1. The van der Waals surface area contributed by atoms with Gasteiger partial charge in [-0.3, -0.25) is 0 Å². The van der Waals surface area contributed by atoms with Crippen molar-refractivity contribution in [2.24, 2.45) is 5.92 Å². The molecule has 0 amide bonds. The second-order valence-corrected chi connectivity index (χ2v) is 3.99. The average molecular weight is 165 g/mol. The minimum atomic E-state index is 0.614. The fourth-order valence-corrected chi connectivity index (χ4v) is 1.19. The molecule has 0 atom stereocenters. The molecule has 0 aromatic rings. The summed E-state index contributed by atoms with van der Waals surface area (Å²) < 4.78 is 0. The zero-order valence-corrected chi connectivity index (χ0v) is 8.35. The molecule has 0 saturated heterocycles. The first-order valence-electron chi connectivity index (χ1n) is 4.74. The van der Waals surface area contributed by atoms with Crippen LogP contribution in [0.25, 0.3) is 0 Å². The quantitative estimate of drug-likeness (QED) is 0.632. The molecule has 1 fully saturated rings. The van der Waals surface area contributed by atoms with Gasteiger partial charge in [-0.05, 0) is 31.3 Å². The summed E-state index contributed by atoms with van der Waals surface area (Å²) in [5.41, 5.74) is 2.39. The molecule has 1 saturated carbocycles. The third-order valence-corrected chi connectivity index (χ3v) is 2.02. The molecule has 1 rings (SSSR count). The first-order valence-corrected chi connectivity index (χ1v) is 4.74. The lowest BCUT2D eigenvalue weighted by Crippen LogP contribution is -2.15. The molecule has 12 heavy (non-hydrogen) atoms. The molecule has 0 aliphatic heterocycles. The summed E-state index contributed by atoms with van der Waals surface area (Å²) in [7, 11) is 0. The third-order valence-electron chi connectivity index (χ3n) is 2.02. The van der Waals surface area contributed by atoms with Crippen molar-refractivity contribution in [2.45, 2.75) is 39.7 Å². The van der Waals surface area contributed by atoms with Gasteiger partial charge in [-0.2, -0.15) is 0 Å². The van der Waals surface area contributed by atoms with E-state index < -0.39 is 0 Å². The van der Waals surface area contributed by atoms with Crippen LogP contribution in [-0.2, 0) is 0 Å². The van der Waals surface area contributed by atoms with E-state index in [1.54, 1.807) is 0 Å². The number of nitrogens with one attached hydrogen (secondary N) is 1. The van der Waals surface area contributed by atoms with E-state index in [1.807, 2.05) is 0 Å². The van der Waals surface area contributed by atoms with Crippen LogP contribution in [0.4, 0.5) is 0 Å². The second kappa shape index (κ2) is 3.79. The molecule has 1 aliphatic rings. The van der Waals surface area contributed by atoms with E-state index in [2.05, 4.69) is 38.7 Å². The topological polar surface area (TPSA) is 12.0 Å². The molecular weight excluding hydrogens is 146 g/mol. The summed E-state index contributed by atoms with van der Waals surface area (Å²) in [6, 6.07) is 0.716. The van der Waals surface area contributed by atoms with E-state index in [4.69, 9.17) is 0 Å². The Balaban J connectivity index is 2.38.